The second-order valence-electron chi connectivity index (χ2n) is 25.0. The first-order valence-corrected chi connectivity index (χ1v) is 41.7. The van der Waals surface area contributed by atoms with E-state index >= 15 is 0 Å². The lowest BCUT2D eigenvalue weighted by Gasteiger charge is -2.21. The van der Waals surface area contributed by atoms with Gasteiger partial charge < -0.3 is 34.2 Å². The van der Waals surface area contributed by atoms with Crippen LogP contribution in [-0.2, 0) is 55.8 Å². The number of unbranched alkanes of at least 4 members (excludes halogenated alkanes) is 16. The lowest BCUT2D eigenvalue weighted by molar-refractivity contribution is -0.161. The number of carbonyl (C=O) groups is 3. The summed E-state index contributed by atoms with van der Waals surface area (Å²) in [5.74, 6) is -1.68. The topological polar surface area (TPSA) is 231 Å². The standard InChI is InChI=1S/C85H136O16P2/c1-4-7-10-13-16-19-22-25-28-31-34-37-38-39-40-43-45-47-50-53-56-59-62-65-68-71-83(88)95-74-80(86)75-97-102(91,92)98-76-81(87)77-99-103(93,94)100-79-82(101-85(90)73-70-67-64-61-58-55-52-49-46-42-36-33-30-27-24-21-18-15-12-9-6-3)78-96-84(89)72-69-66-63-60-57-54-51-48-44-41-35-32-29-26-23-20-17-14-11-8-5-2/h7-8,10-11,16-21,25-30,34-37,39-42,45,47-49,51-52,57,60,80-82,86-87H,4-6,9,12-15,22-24,31-33,38,43-44,46,50,53-56,58-59,61-79H2,1-3H3,(H,91,92)(H,93,94)/b10-7-,11-8-,19-16-,20-17-,21-18-,28-25-,29-26-,30-27-,37-34-,40-39-,41-35-,42-36-,47-45-,51-48-,52-49-,60-57-. The van der Waals surface area contributed by atoms with Gasteiger partial charge in [0.1, 0.15) is 25.4 Å². The van der Waals surface area contributed by atoms with E-state index in [0.717, 1.165) is 186 Å². The number of allylic oxidation sites excluding steroid dienone is 32. The Kier molecular flexibility index (Phi) is 71.9. The van der Waals surface area contributed by atoms with E-state index in [0.29, 0.717) is 19.3 Å². The molecule has 0 saturated heterocycles. The second-order valence-corrected chi connectivity index (χ2v) is 27.9. The van der Waals surface area contributed by atoms with Crippen LogP contribution in [0, 0.1) is 0 Å². The number of phosphoric acid groups is 2. The van der Waals surface area contributed by atoms with Crippen molar-refractivity contribution in [2.45, 2.75) is 283 Å². The third-order valence-electron chi connectivity index (χ3n) is 15.3. The third kappa shape index (κ3) is 77.3. The Balaban J connectivity index is 4.78. The normalized spacial score (nSPS) is 15.1. The lowest BCUT2D eigenvalue weighted by atomic mass is 10.1. The molecule has 0 heterocycles. The van der Waals surface area contributed by atoms with Gasteiger partial charge in [-0.15, -0.1) is 0 Å². The van der Waals surface area contributed by atoms with E-state index in [4.69, 9.17) is 32.3 Å². The van der Waals surface area contributed by atoms with Crippen molar-refractivity contribution >= 4 is 33.6 Å². The minimum Gasteiger partial charge on any atom is -0.463 e. The van der Waals surface area contributed by atoms with Gasteiger partial charge in [-0.1, -0.05) is 273 Å². The van der Waals surface area contributed by atoms with Gasteiger partial charge in [0.05, 0.1) is 26.4 Å². The van der Waals surface area contributed by atoms with Crippen LogP contribution in [0.1, 0.15) is 265 Å². The second kappa shape index (κ2) is 76.1. The van der Waals surface area contributed by atoms with Crippen molar-refractivity contribution in [3.05, 3.63) is 194 Å². The van der Waals surface area contributed by atoms with Crippen molar-refractivity contribution in [1.29, 1.82) is 0 Å². The Morgan fingerprint density at radius 1 is 0.282 bits per heavy atom. The van der Waals surface area contributed by atoms with Crippen LogP contribution < -0.4 is 0 Å². The van der Waals surface area contributed by atoms with Gasteiger partial charge in [0.25, 0.3) is 0 Å². The highest BCUT2D eigenvalue weighted by atomic mass is 31.2. The van der Waals surface area contributed by atoms with E-state index in [1.807, 2.05) is 0 Å². The van der Waals surface area contributed by atoms with Crippen LogP contribution in [0.4, 0.5) is 0 Å². The SMILES string of the molecule is CC/C=C\C/C=C\C/C=C\C/C=C\C/C=C\C/C=C\CCCCCCCCC(=O)OCC(O)COP(=O)(O)OCC(O)COP(=O)(O)OCC(COC(=O)CCCC/C=C\C/C=C\C/C=C\C/C=C\C/C=C\C/C=C\CC)OC(=O)CCCCCCC/C=C\C/C=C\C/C=C\C/C=C\CCCCC. The first-order chi connectivity index (χ1) is 50.2. The van der Waals surface area contributed by atoms with Crippen molar-refractivity contribution in [1.82, 2.24) is 0 Å². The molecule has 0 aromatic carbocycles. The van der Waals surface area contributed by atoms with Gasteiger partial charge in [-0.05, 0) is 167 Å². The van der Waals surface area contributed by atoms with Gasteiger partial charge in [0.2, 0.25) is 0 Å². The van der Waals surface area contributed by atoms with Gasteiger partial charge in [-0.3, -0.25) is 32.5 Å². The van der Waals surface area contributed by atoms with Crippen molar-refractivity contribution < 1.29 is 75.8 Å². The van der Waals surface area contributed by atoms with Gasteiger partial charge in [-0.25, -0.2) is 9.13 Å². The average Bonchev–Trinajstić information content (AvgIpc) is 0.921. The minimum absolute atomic E-state index is 0.0648. The largest absolute Gasteiger partial charge is 0.472 e. The quantitative estimate of drug-likeness (QED) is 0.0146. The zero-order valence-electron chi connectivity index (χ0n) is 63.4. The molecule has 0 aromatic heterocycles. The van der Waals surface area contributed by atoms with E-state index in [2.05, 4.69) is 215 Å². The molecule has 0 aliphatic carbocycles. The smallest absolute Gasteiger partial charge is 0.463 e. The first kappa shape index (κ1) is 97.4. The molecule has 0 amide bonds. The van der Waals surface area contributed by atoms with Crippen LogP contribution in [0.3, 0.4) is 0 Å². The van der Waals surface area contributed by atoms with Gasteiger partial charge in [0, 0.05) is 19.3 Å². The molecule has 0 bridgehead atoms. The van der Waals surface area contributed by atoms with E-state index in [-0.39, 0.29) is 19.3 Å². The number of ether oxygens (including phenoxy) is 3. The Bertz CT molecular complexity index is 2650. The monoisotopic (exact) mass is 1470 g/mol. The number of aliphatic hydroxyl groups is 2. The maximum atomic E-state index is 13.0. The van der Waals surface area contributed by atoms with Crippen LogP contribution in [0.5, 0.6) is 0 Å². The Morgan fingerprint density at radius 3 is 0.835 bits per heavy atom. The van der Waals surface area contributed by atoms with Crippen LogP contribution in [-0.4, -0.2) is 95.9 Å². The fourth-order valence-corrected chi connectivity index (χ4v) is 11.0. The van der Waals surface area contributed by atoms with Gasteiger partial charge >= 0.3 is 33.6 Å². The fourth-order valence-electron chi connectivity index (χ4n) is 9.44. The molecule has 5 atom stereocenters. The predicted molar refractivity (Wildman–Crippen MR) is 426 cm³/mol. The van der Waals surface area contributed by atoms with Crippen LogP contribution >= 0.6 is 15.6 Å². The van der Waals surface area contributed by atoms with Crippen LogP contribution in [0.15, 0.2) is 194 Å². The van der Waals surface area contributed by atoms with Crippen molar-refractivity contribution in [3.63, 3.8) is 0 Å². The van der Waals surface area contributed by atoms with E-state index < -0.39 is 91.5 Å². The number of hydrogen-bond acceptors (Lipinski definition) is 14. The van der Waals surface area contributed by atoms with Crippen molar-refractivity contribution in [3.8, 4) is 0 Å². The number of esters is 3. The molecule has 582 valence electrons. The van der Waals surface area contributed by atoms with Crippen molar-refractivity contribution in [2.24, 2.45) is 0 Å². The molecule has 103 heavy (non-hydrogen) atoms. The van der Waals surface area contributed by atoms with E-state index in [1.165, 1.54) is 19.3 Å². The molecule has 0 radical (unpaired) electrons. The number of hydrogen-bond donors (Lipinski definition) is 4. The molecule has 0 saturated carbocycles. The maximum absolute atomic E-state index is 13.0. The minimum atomic E-state index is -4.96. The molecule has 0 aromatic rings. The Morgan fingerprint density at radius 2 is 0.515 bits per heavy atom. The molecule has 0 fully saturated rings. The Hall–Kier alpha value is -5.61. The number of aliphatic hydroxyl groups excluding tert-OH is 2. The zero-order valence-corrected chi connectivity index (χ0v) is 65.2. The fraction of sp³-hybridized carbons (Fsp3) is 0.588. The summed E-state index contributed by atoms with van der Waals surface area (Å²) in [6.07, 6.45) is 98.9. The summed E-state index contributed by atoms with van der Waals surface area (Å²) in [6.45, 7) is 2.30. The highest BCUT2D eigenvalue weighted by molar-refractivity contribution is 7.47. The summed E-state index contributed by atoms with van der Waals surface area (Å²) in [7, 11) is -9.83. The van der Waals surface area contributed by atoms with Crippen LogP contribution in [0.25, 0.3) is 0 Å². The number of carbonyl (C=O) groups excluding carboxylic acids is 3. The number of phosphoric ester groups is 2. The molecule has 18 heteroatoms. The molecule has 16 nitrogen and oxygen atoms in total. The summed E-state index contributed by atoms with van der Waals surface area (Å²) >= 11 is 0. The van der Waals surface area contributed by atoms with Crippen LogP contribution in [0.2, 0.25) is 0 Å². The van der Waals surface area contributed by atoms with Gasteiger partial charge in [-0.2, -0.15) is 0 Å². The summed E-state index contributed by atoms with van der Waals surface area (Å²) in [6, 6.07) is 0. The maximum Gasteiger partial charge on any atom is 0.472 e. The molecule has 0 rings (SSSR count). The number of rotatable bonds is 71. The first-order valence-electron chi connectivity index (χ1n) is 38.7. The molecule has 0 aliphatic rings. The molecular formula is C85H136O16P2. The summed E-state index contributed by atoms with van der Waals surface area (Å²) in [5.41, 5.74) is 0. The third-order valence-corrected chi connectivity index (χ3v) is 17.2. The highest BCUT2D eigenvalue weighted by Crippen LogP contribution is 2.45. The molecule has 0 spiro atoms. The zero-order chi connectivity index (χ0) is 75.2. The van der Waals surface area contributed by atoms with Crippen molar-refractivity contribution in [2.75, 3.05) is 39.6 Å². The predicted octanol–water partition coefficient (Wildman–Crippen LogP) is 22.8. The molecule has 0 aliphatic heterocycles. The lowest BCUT2D eigenvalue weighted by Crippen LogP contribution is -2.30. The highest BCUT2D eigenvalue weighted by Gasteiger charge is 2.29. The van der Waals surface area contributed by atoms with E-state index in [9.17, 15) is 43.5 Å². The summed E-state index contributed by atoms with van der Waals surface area (Å²) < 4.78 is 61.1. The molecule has 4 N–H and O–H groups in total. The molecular weight excluding hydrogens is 1340 g/mol. The average molecular weight is 1480 g/mol. The van der Waals surface area contributed by atoms with Gasteiger partial charge in [0.15, 0.2) is 6.10 Å². The molecule has 5 unspecified atom stereocenters. The van der Waals surface area contributed by atoms with E-state index in [1.54, 1.807) is 0 Å². The summed E-state index contributed by atoms with van der Waals surface area (Å²) in [4.78, 5) is 58.7. The summed E-state index contributed by atoms with van der Waals surface area (Å²) in [5, 5.41) is 20.6. The Labute approximate surface area is 623 Å².